The summed E-state index contributed by atoms with van der Waals surface area (Å²) in [7, 11) is 0. The van der Waals surface area contributed by atoms with Gasteiger partial charge in [0.05, 0.1) is 6.10 Å². The Morgan fingerprint density at radius 1 is 1.60 bits per heavy atom. The third-order valence-corrected chi connectivity index (χ3v) is 3.06. The molecule has 62 valence electrons. The number of thioether (sulfide) groups is 1. The number of rotatable bonds is 5. The molecule has 0 aromatic rings. The Hall–Kier alpha value is 1.01. The van der Waals surface area contributed by atoms with Gasteiger partial charge in [0, 0.05) is 11.0 Å². The maximum absolute atomic E-state index is 4.91. The second-order valence-corrected chi connectivity index (χ2v) is 4.22. The standard InChI is InChI=1S/C6H14OS3/c1-3-10-5(2)6(4-8)7-9/h5-6,8-9H,3-4H2,1-2H3. The first-order valence-electron chi connectivity index (χ1n) is 3.28. The van der Waals surface area contributed by atoms with E-state index in [1.165, 1.54) is 0 Å². The van der Waals surface area contributed by atoms with Gasteiger partial charge in [0.15, 0.2) is 0 Å². The van der Waals surface area contributed by atoms with E-state index in [9.17, 15) is 0 Å². The molecule has 0 aromatic heterocycles. The molecule has 10 heavy (non-hydrogen) atoms. The van der Waals surface area contributed by atoms with Crippen LogP contribution in [0.2, 0.25) is 0 Å². The molecule has 0 fully saturated rings. The van der Waals surface area contributed by atoms with Crippen LogP contribution < -0.4 is 0 Å². The van der Waals surface area contributed by atoms with E-state index >= 15 is 0 Å². The van der Waals surface area contributed by atoms with Crippen molar-refractivity contribution >= 4 is 37.3 Å². The fourth-order valence-electron chi connectivity index (χ4n) is 0.638. The van der Waals surface area contributed by atoms with Gasteiger partial charge < -0.3 is 4.18 Å². The first-order valence-corrected chi connectivity index (χ1v) is 5.33. The topological polar surface area (TPSA) is 9.23 Å². The molecular formula is C6H14OS3. The molecule has 2 unspecified atom stereocenters. The Kier molecular flexibility index (Phi) is 7.38. The van der Waals surface area contributed by atoms with Crippen LogP contribution in [0.25, 0.3) is 0 Å². The summed E-state index contributed by atoms with van der Waals surface area (Å²) in [5.74, 6) is 1.85. The lowest BCUT2D eigenvalue weighted by molar-refractivity contribution is 0.277. The summed E-state index contributed by atoms with van der Waals surface area (Å²) in [5.41, 5.74) is 0. The SMILES string of the molecule is CCSC(C)C(CS)OS. The van der Waals surface area contributed by atoms with Crippen LogP contribution in [0.15, 0.2) is 0 Å². The second kappa shape index (κ2) is 6.70. The van der Waals surface area contributed by atoms with Gasteiger partial charge in [0.2, 0.25) is 0 Å². The Labute approximate surface area is 78.3 Å². The lowest BCUT2D eigenvalue weighted by Gasteiger charge is -2.18. The molecule has 0 heterocycles. The maximum atomic E-state index is 4.91. The summed E-state index contributed by atoms with van der Waals surface area (Å²) in [6, 6.07) is 0. The summed E-state index contributed by atoms with van der Waals surface area (Å²) in [6.07, 6.45) is 0.164. The number of thiol groups is 2. The van der Waals surface area contributed by atoms with Crippen LogP contribution in [0.3, 0.4) is 0 Å². The highest BCUT2D eigenvalue weighted by Crippen LogP contribution is 2.17. The molecule has 0 aliphatic carbocycles. The van der Waals surface area contributed by atoms with E-state index in [2.05, 4.69) is 39.4 Å². The van der Waals surface area contributed by atoms with E-state index in [0.29, 0.717) is 5.25 Å². The third kappa shape index (κ3) is 4.01. The van der Waals surface area contributed by atoms with E-state index in [1.54, 1.807) is 0 Å². The van der Waals surface area contributed by atoms with E-state index in [4.69, 9.17) is 4.18 Å². The van der Waals surface area contributed by atoms with Crippen LogP contribution in [0, 0.1) is 0 Å². The first-order chi connectivity index (χ1) is 4.76. The van der Waals surface area contributed by atoms with Crippen molar-refractivity contribution in [3.8, 4) is 0 Å². The predicted molar refractivity (Wildman–Crippen MR) is 55.3 cm³/mol. The van der Waals surface area contributed by atoms with E-state index in [-0.39, 0.29) is 6.10 Å². The van der Waals surface area contributed by atoms with Gasteiger partial charge in [0.25, 0.3) is 0 Å². The molecule has 0 aliphatic heterocycles. The summed E-state index contributed by atoms with van der Waals surface area (Å²) < 4.78 is 4.91. The average Bonchev–Trinajstić information content (AvgIpc) is 1.91. The molecule has 0 spiro atoms. The summed E-state index contributed by atoms with van der Waals surface area (Å²) in [5, 5.41) is 0.486. The molecule has 2 atom stereocenters. The van der Waals surface area contributed by atoms with Crippen molar-refractivity contribution < 1.29 is 4.18 Å². The largest absolute Gasteiger partial charge is 0.313 e. The van der Waals surface area contributed by atoms with Gasteiger partial charge in [-0.15, -0.1) is 0 Å². The monoisotopic (exact) mass is 198 g/mol. The van der Waals surface area contributed by atoms with Crippen molar-refractivity contribution in [1.29, 1.82) is 0 Å². The van der Waals surface area contributed by atoms with Crippen molar-refractivity contribution in [3.05, 3.63) is 0 Å². The zero-order valence-corrected chi connectivity index (χ0v) is 8.89. The zero-order valence-electron chi connectivity index (χ0n) is 6.28. The van der Waals surface area contributed by atoms with Crippen molar-refractivity contribution in [1.82, 2.24) is 0 Å². The minimum Gasteiger partial charge on any atom is -0.313 e. The fourth-order valence-corrected chi connectivity index (χ4v) is 2.52. The molecule has 0 N–H and O–H groups in total. The van der Waals surface area contributed by atoms with Gasteiger partial charge in [-0.25, -0.2) is 0 Å². The van der Waals surface area contributed by atoms with Crippen LogP contribution in [0.4, 0.5) is 0 Å². The van der Waals surface area contributed by atoms with Crippen molar-refractivity contribution in [2.24, 2.45) is 0 Å². The molecule has 0 aliphatic rings. The predicted octanol–water partition coefficient (Wildman–Crippen LogP) is 2.29. The maximum Gasteiger partial charge on any atom is 0.0922 e. The second-order valence-electron chi connectivity index (χ2n) is 1.99. The number of hydrogen-bond donors (Lipinski definition) is 2. The number of hydrogen-bond acceptors (Lipinski definition) is 4. The van der Waals surface area contributed by atoms with Crippen LogP contribution in [0.1, 0.15) is 13.8 Å². The highest BCUT2D eigenvalue weighted by Gasteiger charge is 2.14. The Morgan fingerprint density at radius 3 is 2.50 bits per heavy atom. The summed E-state index contributed by atoms with van der Waals surface area (Å²) >= 11 is 9.77. The molecule has 0 aromatic carbocycles. The highest BCUT2D eigenvalue weighted by molar-refractivity contribution is 7.99. The van der Waals surface area contributed by atoms with Crippen LogP contribution in [-0.2, 0) is 4.18 Å². The average molecular weight is 198 g/mol. The van der Waals surface area contributed by atoms with Crippen molar-refractivity contribution in [2.75, 3.05) is 11.5 Å². The molecule has 0 amide bonds. The summed E-state index contributed by atoms with van der Waals surface area (Å²) in [6.45, 7) is 4.26. The normalized spacial score (nSPS) is 16.8. The van der Waals surface area contributed by atoms with E-state index < -0.39 is 0 Å². The zero-order chi connectivity index (χ0) is 7.98. The fraction of sp³-hybridized carbons (Fsp3) is 1.00. The molecule has 0 saturated carbocycles. The van der Waals surface area contributed by atoms with Gasteiger partial charge in [-0.1, -0.05) is 13.8 Å². The molecule has 0 saturated heterocycles. The molecule has 0 bridgehead atoms. The molecule has 1 nitrogen and oxygen atoms in total. The van der Waals surface area contributed by atoms with Crippen LogP contribution in [-0.4, -0.2) is 22.9 Å². The minimum atomic E-state index is 0.164. The smallest absolute Gasteiger partial charge is 0.0922 e. The van der Waals surface area contributed by atoms with Gasteiger partial charge in [0.1, 0.15) is 0 Å². The molecule has 4 heteroatoms. The molecule has 0 radical (unpaired) electrons. The Morgan fingerprint density at radius 2 is 2.20 bits per heavy atom. The van der Waals surface area contributed by atoms with Gasteiger partial charge in [-0.3, -0.25) is 0 Å². The minimum absolute atomic E-state index is 0.164. The van der Waals surface area contributed by atoms with Crippen LogP contribution >= 0.6 is 37.3 Å². The third-order valence-electron chi connectivity index (χ3n) is 1.27. The van der Waals surface area contributed by atoms with E-state index in [1.807, 2.05) is 11.8 Å². The summed E-state index contributed by atoms with van der Waals surface area (Å²) in [4.78, 5) is 0. The highest BCUT2D eigenvalue weighted by atomic mass is 32.2. The van der Waals surface area contributed by atoms with E-state index in [0.717, 1.165) is 11.5 Å². The lowest BCUT2D eigenvalue weighted by Crippen LogP contribution is -2.22. The van der Waals surface area contributed by atoms with Gasteiger partial charge in [-0.2, -0.15) is 24.4 Å². The Bertz CT molecular complexity index is 75.4. The van der Waals surface area contributed by atoms with Crippen LogP contribution in [0.5, 0.6) is 0 Å². The molecule has 0 rings (SSSR count). The first kappa shape index (κ1) is 11.0. The Balaban J connectivity index is 3.53. The lowest BCUT2D eigenvalue weighted by atomic mass is 10.3. The van der Waals surface area contributed by atoms with Gasteiger partial charge >= 0.3 is 0 Å². The van der Waals surface area contributed by atoms with Gasteiger partial charge in [-0.05, 0) is 18.7 Å². The quantitative estimate of drug-likeness (QED) is 0.518. The molecular weight excluding hydrogens is 184 g/mol. The van der Waals surface area contributed by atoms with Crippen molar-refractivity contribution in [2.45, 2.75) is 25.2 Å². The van der Waals surface area contributed by atoms with Crippen molar-refractivity contribution in [3.63, 3.8) is 0 Å².